The Morgan fingerprint density at radius 3 is 2.44 bits per heavy atom. The highest BCUT2D eigenvalue weighted by atomic mass is 32.1. The highest BCUT2D eigenvalue weighted by Crippen LogP contribution is 2.42. The van der Waals surface area contributed by atoms with E-state index in [1.165, 1.54) is 31.2 Å². The molecule has 2 atom stereocenters. The lowest BCUT2D eigenvalue weighted by Crippen LogP contribution is -2.50. The van der Waals surface area contributed by atoms with Gasteiger partial charge in [-0.2, -0.15) is 0 Å². The van der Waals surface area contributed by atoms with Crippen LogP contribution in [0.25, 0.3) is 0 Å². The number of methoxy groups -OCH3 is 1. The molecule has 0 spiro atoms. The maximum absolute atomic E-state index is 13.6. The molecule has 0 saturated heterocycles. The molecule has 10 nitrogen and oxygen atoms in total. The van der Waals surface area contributed by atoms with Crippen LogP contribution in [-0.2, 0) is 22.4 Å². The minimum Gasteiger partial charge on any atom is -0.453 e. The van der Waals surface area contributed by atoms with E-state index >= 15 is 0 Å². The molecule has 0 aliphatic heterocycles. The fraction of sp³-hybridized carbons (Fsp3) is 0.360. The first-order valence-corrected chi connectivity index (χ1v) is 12.4. The van der Waals surface area contributed by atoms with Gasteiger partial charge in [0.25, 0.3) is 5.69 Å². The van der Waals surface area contributed by atoms with E-state index in [-0.39, 0.29) is 18.0 Å². The molecule has 36 heavy (non-hydrogen) atoms. The third-order valence-corrected chi connectivity index (χ3v) is 7.16. The highest BCUT2D eigenvalue weighted by Gasteiger charge is 2.32. The quantitative estimate of drug-likeness (QED) is 0.323. The van der Waals surface area contributed by atoms with Crippen LogP contribution >= 0.6 is 11.3 Å². The number of hydrogen-bond donors (Lipinski definition) is 1. The molecule has 11 heteroatoms. The maximum Gasteiger partial charge on any atom is 0.409 e. The average molecular weight is 510 g/mol. The zero-order valence-corrected chi connectivity index (χ0v) is 20.8. The van der Waals surface area contributed by atoms with Gasteiger partial charge in [0.15, 0.2) is 0 Å². The van der Waals surface area contributed by atoms with Crippen LogP contribution in [-0.4, -0.2) is 52.0 Å². The summed E-state index contributed by atoms with van der Waals surface area (Å²) in [6, 6.07) is 8.53. The number of amides is 2. The Morgan fingerprint density at radius 1 is 1.17 bits per heavy atom. The Hall–Kier alpha value is -3.86. The number of nitro benzene ring substituents is 1. The van der Waals surface area contributed by atoms with Crippen molar-refractivity contribution in [3.8, 4) is 0 Å². The second-order valence-corrected chi connectivity index (χ2v) is 9.62. The van der Waals surface area contributed by atoms with Gasteiger partial charge in [-0.3, -0.25) is 24.8 Å². The predicted molar refractivity (Wildman–Crippen MR) is 134 cm³/mol. The van der Waals surface area contributed by atoms with Gasteiger partial charge < -0.3 is 10.1 Å². The van der Waals surface area contributed by atoms with E-state index in [2.05, 4.69) is 10.3 Å². The number of nitrogens with one attached hydrogen (secondary N) is 1. The minimum absolute atomic E-state index is 0.00105. The lowest BCUT2D eigenvalue weighted by atomic mass is 10.0. The molecule has 1 aromatic carbocycles. The molecule has 2 aromatic heterocycles. The molecule has 1 saturated carbocycles. The van der Waals surface area contributed by atoms with Crippen molar-refractivity contribution in [2.45, 2.75) is 43.7 Å². The molecule has 188 valence electrons. The number of rotatable bonds is 10. The van der Waals surface area contributed by atoms with E-state index in [4.69, 9.17) is 9.72 Å². The van der Waals surface area contributed by atoms with Crippen LogP contribution in [0.3, 0.4) is 0 Å². The van der Waals surface area contributed by atoms with Crippen molar-refractivity contribution in [2.24, 2.45) is 0 Å². The number of nitro groups is 1. The standard InChI is InChI=1S/C25H27N5O5S/c1-29(25(32)35-2)22(14-17-9-11-26-12-10-17)23(31)27-20(21-15-36-24(28-21)18-5-6-18)13-16-3-7-19(8-4-16)30(33)34/h3-4,7-12,15,18,20,22H,5-6,13-14H2,1-2H3,(H,27,31)/t20-,22-/m0/s1. The van der Waals surface area contributed by atoms with Gasteiger partial charge in [0.2, 0.25) is 5.91 Å². The minimum atomic E-state index is -0.833. The SMILES string of the molecule is COC(=O)N(C)[C@@H](Cc1ccncc1)C(=O)N[C@@H](Cc1ccc([N+](=O)[O-])cc1)c1csc(C2CC2)n1. The summed E-state index contributed by atoms with van der Waals surface area (Å²) in [4.78, 5) is 46.6. The van der Waals surface area contributed by atoms with E-state index in [1.54, 1.807) is 48.0 Å². The molecule has 0 bridgehead atoms. The molecular formula is C25H27N5O5S. The Kier molecular flexibility index (Phi) is 7.89. The number of benzene rings is 1. The van der Waals surface area contributed by atoms with Crippen LogP contribution in [0.15, 0.2) is 54.2 Å². The summed E-state index contributed by atoms with van der Waals surface area (Å²) >= 11 is 1.58. The molecule has 3 aromatic rings. The Balaban J connectivity index is 1.59. The van der Waals surface area contributed by atoms with E-state index < -0.39 is 23.1 Å². The summed E-state index contributed by atoms with van der Waals surface area (Å²) in [5.74, 6) is 0.122. The van der Waals surface area contributed by atoms with Gasteiger partial charge in [-0.05, 0) is 42.5 Å². The molecule has 0 unspecified atom stereocenters. The summed E-state index contributed by atoms with van der Waals surface area (Å²) in [6.07, 6.45) is 5.54. The maximum atomic E-state index is 13.6. The summed E-state index contributed by atoms with van der Waals surface area (Å²) in [7, 11) is 2.79. The molecule has 2 amide bonds. The zero-order chi connectivity index (χ0) is 25.7. The van der Waals surface area contributed by atoms with Crippen molar-refractivity contribution in [1.82, 2.24) is 20.2 Å². The number of thiazole rings is 1. The number of nitrogens with zero attached hydrogens (tertiary/aromatic N) is 4. The van der Waals surface area contributed by atoms with Crippen molar-refractivity contribution < 1.29 is 19.2 Å². The van der Waals surface area contributed by atoms with Gasteiger partial charge in [-0.1, -0.05) is 12.1 Å². The first-order valence-electron chi connectivity index (χ1n) is 11.5. The van der Waals surface area contributed by atoms with Crippen molar-refractivity contribution in [1.29, 1.82) is 0 Å². The molecule has 0 radical (unpaired) electrons. The third kappa shape index (κ3) is 6.22. The normalized spacial score (nSPS) is 14.5. The summed E-state index contributed by atoms with van der Waals surface area (Å²) in [5, 5.41) is 17.1. The van der Waals surface area contributed by atoms with Crippen LogP contribution in [0, 0.1) is 10.1 Å². The molecule has 1 N–H and O–H groups in total. The van der Waals surface area contributed by atoms with Crippen LogP contribution in [0.2, 0.25) is 0 Å². The largest absolute Gasteiger partial charge is 0.453 e. The predicted octanol–water partition coefficient (Wildman–Crippen LogP) is 4.03. The summed E-state index contributed by atoms with van der Waals surface area (Å²) in [5.41, 5.74) is 2.40. The number of hydrogen-bond acceptors (Lipinski definition) is 8. The van der Waals surface area contributed by atoms with E-state index in [1.807, 2.05) is 5.38 Å². The molecule has 4 rings (SSSR count). The van der Waals surface area contributed by atoms with Crippen molar-refractivity contribution in [3.63, 3.8) is 0 Å². The molecular weight excluding hydrogens is 482 g/mol. The van der Waals surface area contributed by atoms with E-state index in [9.17, 15) is 19.7 Å². The number of carbonyl (C=O) groups is 2. The Labute approximate surface area is 212 Å². The fourth-order valence-corrected chi connectivity index (χ4v) is 4.93. The topological polar surface area (TPSA) is 128 Å². The number of non-ortho nitro benzene ring substituents is 1. The number of carbonyl (C=O) groups excluding carboxylic acids is 2. The summed E-state index contributed by atoms with van der Waals surface area (Å²) in [6.45, 7) is 0. The molecule has 2 heterocycles. The molecule has 1 aliphatic rings. The van der Waals surface area contributed by atoms with Crippen LogP contribution in [0.1, 0.15) is 46.6 Å². The van der Waals surface area contributed by atoms with Crippen LogP contribution in [0.4, 0.5) is 10.5 Å². The first-order chi connectivity index (χ1) is 17.4. The first kappa shape index (κ1) is 25.2. The number of ether oxygens (including phenoxy) is 1. The highest BCUT2D eigenvalue weighted by molar-refractivity contribution is 7.09. The number of pyridine rings is 1. The second kappa shape index (κ2) is 11.3. The van der Waals surface area contributed by atoms with Crippen molar-refractivity contribution >= 4 is 29.0 Å². The van der Waals surface area contributed by atoms with Crippen molar-refractivity contribution in [2.75, 3.05) is 14.2 Å². The second-order valence-electron chi connectivity index (χ2n) is 8.73. The Bertz CT molecular complexity index is 1210. The Morgan fingerprint density at radius 2 is 1.83 bits per heavy atom. The van der Waals surface area contributed by atoms with Crippen molar-refractivity contribution in [3.05, 3.63) is 86.1 Å². The van der Waals surface area contributed by atoms with Gasteiger partial charge in [0.1, 0.15) is 6.04 Å². The number of aromatic nitrogens is 2. The van der Waals surface area contributed by atoms with Crippen LogP contribution in [0.5, 0.6) is 0 Å². The van der Waals surface area contributed by atoms with Gasteiger partial charge in [0, 0.05) is 49.3 Å². The van der Waals surface area contributed by atoms with E-state index in [0.717, 1.165) is 34.7 Å². The van der Waals surface area contributed by atoms with Gasteiger partial charge in [-0.25, -0.2) is 9.78 Å². The summed E-state index contributed by atoms with van der Waals surface area (Å²) < 4.78 is 4.86. The third-order valence-electron chi connectivity index (χ3n) is 6.14. The van der Waals surface area contributed by atoms with Gasteiger partial charge >= 0.3 is 6.09 Å². The number of likely N-dealkylation sites (N-methyl/N-ethyl adjacent to an activating group) is 1. The van der Waals surface area contributed by atoms with Gasteiger partial charge in [0.05, 0.1) is 28.8 Å². The fourth-order valence-electron chi connectivity index (χ4n) is 3.88. The monoisotopic (exact) mass is 509 g/mol. The van der Waals surface area contributed by atoms with E-state index in [0.29, 0.717) is 12.3 Å². The lowest BCUT2D eigenvalue weighted by molar-refractivity contribution is -0.384. The average Bonchev–Trinajstić information content (AvgIpc) is 3.63. The molecule has 1 aliphatic carbocycles. The smallest absolute Gasteiger partial charge is 0.409 e. The zero-order valence-electron chi connectivity index (χ0n) is 20.0. The molecule has 1 fully saturated rings. The van der Waals surface area contributed by atoms with Crippen LogP contribution < -0.4 is 5.32 Å². The lowest BCUT2D eigenvalue weighted by Gasteiger charge is -2.28. The van der Waals surface area contributed by atoms with Gasteiger partial charge in [-0.15, -0.1) is 11.3 Å².